The Hall–Kier alpha value is -1.76. The molecule has 0 atom stereocenters. The molecular formula is C20H19ClF5NO4S2. The second kappa shape index (κ2) is 8.47. The molecule has 0 heterocycles. The summed E-state index contributed by atoms with van der Waals surface area (Å²) in [5.41, 5.74) is -1.42. The van der Waals surface area contributed by atoms with E-state index in [1.165, 1.54) is 13.8 Å². The third kappa shape index (κ3) is 5.03. The minimum Gasteiger partial charge on any atom is -0.223 e. The van der Waals surface area contributed by atoms with Crippen LogP contribution in [0, 0.1) is 17.6 Å². The number of benzene rings is 2. The molecule has 0 aliphatic heterocycles. The SMILES string of the molecule is CC(C)(C1CC(NS(=O)(=O)c2ccc(Cl)c(F)c2)C1)S(=O)(=O)c1cc(F)cc(C(F)(F)F)c1. The number of sulfonamides is 1. The minimum absolute atomic E-state index is 0.0585. The molecular weight excluding hydrogens is 513 g/mol. The summed E-state index contributed by atoms with van der Waals surface area (Å²) in [7, 11) is -8.53. The average molecular weight is 532 g/mol. The average Bonchev–Trinajstić information content (AvgIpc) is 2.65. The molecule has 3 rings (SSSR count). The summed E-state index contributed by atoms with van der Waals surface area (Å²) in [4.78, 5) is -1.17. The number of rotatable bonds is 6. The zero-order valence-electron chi connectivity index (χ0n) is 17.3. The highest BCUT2D eigenvalue weighted by Gasteiger charge is 2.49. The molecule has 0 radical (unpaired) electrons. The van der Waals surface area contributed by atoms with Crippen LogP contribution in [0.5, 0.6) is 0 Å². The van der Waals surface area contributed by atoms with E-state index in [1.807, 2.05) is 0 Å². The van der Waals surface area contributed by atoms with Crippen molar-refractivity contribution >= 4 is 31.5 Å². The second-order valence-electron chi connectivity index (χ2n) is 8.34. The Morgan fingerprint density at radius 1 is 0.939 bits per heavy atom. The number of halogens is 6. The molecule has 1 N–H and O–H groups in total. The van der Waals surface area contributed by atoms with Gasteiger partial charge >= 0.3 is 6.18 Å². The molecule has 33 heavy (non-hydrogen) atoms. The molecule has 0 unspecified atom stereocenters. The van der Waals surface area contributed by atoms with Crippen LogP contribution in [0.3, 0.4) is 0 Å². The van der Waals surface area contributed by atoms with Gasteiger partial charge < -0.3 is 0 Å². The summed E-state index contributed by atoms with van der Waals surface area (Å²) in [5, 5.41) is -0.254. The molecule has 5 nitrogen and oxygen atoms in total. The summed E-state index contributed by atoms with van der Waals surface area (Å²) >= 11 is 5.55. The van der Waals surface area contributed by atoms with Crippen LogP contribution in [0.4, 0.5) is 22.0 Å². The van der Waals surface area contributed by atoms with E-state index < -0.39 is 64.8 Å². The van der Waals surface area contributed by atoms with Gasteiger partial charge in [-0.2, -0.15) is 13.2 Å². The van der Waals surface area contributed by atoms with E-state index in [0.29, 0.717) is 12.1 Å². The fraction of sp³-hybridized carbons (Fsp3) is 0.400. The summed E-state index contributed by atoms with van der Waals surface area (Å²) in [6.45, 7) is 2.59. The molecule has 0 saturated heterocycles. The normalized spacial score (nSPS) is 19.9. The Morgan fingerprint density at radius 2 is 1.55 bits per heavy atom. The van der Waals surface area contributed by atoms with Crippen molar-refractivity contribution in [1.82, 2.24) is 4.72 Å². The third-order valence-electron chi connectivity index (χ3n) is 5.85. The van der Waals surface area contributed by atoms with Crippen molar-refractivity contribution in [2.75, 3.05) is 0 Å². The van der Waals surface area contributed by atoms with Crippen LogP contribution in [0.1, 0.15) is 32.3 Å². The van der Waals surface area contributed by atoms with Crippen LogP contribution in [-0.4, -0.2) is 27.6 Å². The Labute approximate surface area is 192 Å². The number of nitrogens with one attached hydrogen (secondary N) is 1. The molecule has 0 bridgehead atoms. The van der Waals surface area contributed by atoms with Gasteiger partial charge in [-0.3, -0.25) is 0 Å². The predicted molar refractivity (Wildman–Crippen MR) is 111 cm³/mol. The lowest BCUT2D eigenvalue weighted by Crippen LogP contribution is -2.53. The largest absolute Gasteiger partial charge is 0.416 e. The molecule has 2 aromatic carbocycles. The quantitative estimate of drug-likeness (QED) is 0.535. The predicted octanol–water partition coefficient (Wildman–Crippen LogP) is 4.95. The Balaban J connectivity index is 1.78. The summed E-state index contributed by atoms with van der Waals surface area (Å²) in [6.07, 6.45) is -4.82. The second-order valence-corrected chi connectivity index (χ2v) is 13.0. The molecule has 0 aromatic heterocycles. The maximum Gasteiger partial charge on any atom is 0.416 e. The van der Waals surface area contributed by atoms with Gasteiger partial charge in [0.05, 0.1) is 25.1 Å². The summed E-state index contributed by atoms with van der Waals surface area (Å²) in [5.74, 6) is -2.89. The maximum atomic E-state index is 13.8. The lowest BCUT2D eigenvalue weighted by atomic mass is 9.73. The molecule has 13 heteroatoms. The molecule has 1 saturated carbocycles. The fourth-order valence-corrected chi connectivity index (χ4v) is 6.80. The van der Waals surface area contributed by atoms with Gasteiger partial charge in [0.1, 0.15) is 11.6 Å². The van der Waals surface area contributed by atoms with Crippen molar-refractivity contribution in [1.29, 1.82) is 0 Å². The van der Waals surface area contributed by atoms with Crippen LogP contribution in [0.25, 0.3) is 0 Å². The fourth-order valence-electron chi connectivity index (χ4n) is 3.62. The van der Waals surface area contributed by atoms with Crippen molar-refractivity contribution in [3.05, 3.63) is 58.6 Å². The number of hydrogen-bond donors (Lipinski definition) is 1. The van der Waals surface area contributed by atoms with E-state index >= 15 is 0 Å². The highest BCUT2D eigenvalue weighted by molar-refractivity contribution is 7.92. The molecule has 182 valence electrons. The van der Waals surface area contributed by atoms with Crippen molar-refractivity contribution in [3.8, 4) is 0 Å². The molecule has 1 aliphatic carbocycles. The number of hydrogen-bond acceptors (Lipinski definition) is 4. The van der Waals surface area contributed by atoms with Gasteiger partial charge in [-0.25, -0.2) is 30.3 Å². The Kier molecular flexibility index (Phi) is 6.64. The van der Waals surface area contributed by atoms with Gasteiger partial charge in [0.15, 0.2) is 9.84 Å². The minimum atomic E-state index is -4.93. The topological polar surface area (TPSA) is 80.3 Å². The first-order valence-electron chi connectivity index (χ1n) is 9.55. The maximum absolute atomic E-state index is 13.8. The van der Waals surface area contributed by atoms with Gasteiger partial charge in [0.25, 0.3) is 0 Å². The van der Waals surface area contributed by atoms with Crippen LogP contribution in [0.15, 0.2) is 46.2 Å². The number of alkyl halides is 3. The number of sulfone groups is 1. The van der Waals surface area contributed by atoms with Crippen LogP contribution < -0.4 is 4.72 Å². The highest BCUT2D eigenvalue weighted by Crippen LogP contribution is 2.44. The lowest BCUT2D eigenvalue weighted by molar-refractivity contribution is -0.137. The van der Waals surface area contributed by atoms with Gasteiger partial charge in [-0.15, -0.1) is 0 Å². The zero-order valence-corrected chi connectivity index (χ0v) is 19.6. The molecule has 0 spiro atoms. The van der Waals surface area contributed by atoms with Crippen LogP contribution in [0.2, 0.25) is 5.02 Å². The first kappa shape index (κ1) is 25.9. The molecule has 2 aromatic rings. The molecule has 1 aliphatic rings. The summed E-state index contributed by atoms with van der Waals surface area (Å²) < 4.78 is 118. The van der Waals surface area contributed by atoms with Crippen molar-refractivity contribution in [2.45, 2.75) is 53.4 Å². The van der Waals surface area contributed by atoms with Crippen molar-refractivity contribution in [2.24, 2.45) is 5.92 Å². The first-order valence-corrected chi connectivity index (χ1v) is 12.9. The molecule has 1 fully saturated rings. The van der Waals surface area contributed by atoms with Crippen LogP contribution in [-0.2, 0) is 26.0 Å². The zero-order chi connectivity index (χ0) is 25.0. The Bertz CT molecular complexity index is 1290. The van der Waals surface area contributed by atoms with E-state index in [1.54, 1.807) is 0 Å². The van der Waals surface area contributed by atoms with Gasteiger partial charge in [0, 0.05) is 6.04 Å². The molecule has 0 amide bonds. The van der Waals surface area contributed by atoms with E-state index in [2.05, 4.69) is 4.72 Å². The summed E-state index contributed by atoms with van der Waals surface area (Å²) in [6, 6.07) is 3.39. The van der Waals surface area contributed by atoms with E-state index in [-0.39, 0.29) is 28.8 Å². The third-order valence-corrected chi connectivity index (χ3v) is 10.2. The van der Waals surface area contributed by atoms with Crippen molar-refractivity contribution in [3.63, 3.8) is 0 Å². The van der Waals surface area contributed by atoms with E-state index in [4.69, 9.17) is 11.6 Å². The van der Waals surface area contributed by atoms with Crippen molar-refractivity contribution < 1.29 is 38.8 Å². The standard InChI is InChI=1S/C20H19ClF5NO4S2/c1-19(2,32(28,29)16-8-12(20(24,25)26)5-13(22)9-16)11-6-14(7-11)27-33(30,31)15-3-4-17(21)18(23)10-15/h3-5,8-11,14,27H,6-7H2,1-2H3. The monoisotopic (exact) mass is 531 g/mol. The Morgan fingerprint density at radius 3 is 2.09 bits per heavy atom. The first-order chi connectivity index (χ1) is 14.9. The van der Waals surface area contributed by atoms with E-state index in [0.717, 1.165) is 18.2 Å². The van der Waals surface area contributed by atoms with Crippen LogP contribution >= 0.6 is 11.6 Å². The highest BCUT2D eigenvalue weighted by atomic mass is 35.5. The van der Waals surface area contributed by atoms with Gasteiger partial charge in [-0.05, 0) is 69.0 Å². The van der Waals surface area contributed by atoms with Gasteiger partial charge in [0.2, 0.25) is 10.0 Å². The van der Waals surface area contributed by atoms with Gasteiger partial charge in [-0.1, -0.05) is 11.6 Å². The smallest absolute Gasteiger partial charge is 0.223 e. The lowest BCUT2D eigenvalue weighted by Gasteiger charge is -2.44. The van der Waals surface area contributed by atoms with E-state index in [9.17, 15) is 38.8 Å².